The molecule has 0 bridgehead atoms. The fraction of sp³-hybridized carbons (Fsp3) is 1.00. The van der Waals surface area contributed by atoms with E-state index < -0.39 is 0 Å². The van der Waals surface area contributed by atoms with Crippen LogP contribution in [0.4, 0.5) is 0 Å². The normalized spacial score (nSPS) is 37.1. The summed E-state index contributed by atoms with van der Waals surface area (Å²) in [7, 11) is 0. The molecule has 158 valence electrons. The lowest BCUT2D eigenvalue weighted by Crippen LogP contribution is -2.35. The van der Waals surface area contributed by atoms with Crippen molar-refractivity contribution in [2.45, 2.75) is 135 Å². The molecular formula is C26H48O. The zero-order valence-electron chi connectivity index (χ0n) is 18.3. The molecule has 0 amide bonds. The van der Waals surface area contributed by atoms with Gasteiger partial charge in [0.25, 0.3) is 0 Å². The summed E-state index contributed by atoms with van der Waals surface area (Å²) >= 11 is 0. The molecule has 0 aromatic rings. The van der Waals surface area contributed by atoms with Gasteiger partial charge < -0.3 is 5.11 Å². The lowest BCUT2D eigenvalue weighted by atomic mass is 9.62. The van der Waals surface area contributed by atoms with Crippen LogP contribution in [0.3, 0.4) is 0 Å². The first-order valence-corrected chi connectivity index (χ1v) is 12.9. The second-order valence-corrected chi connectivity index (χ2v) is 10.6. The third-order valence-corrected chi connectivity index (χ3v) is 8.65. The van der Waals surface area contributed by atoms with Gasteiger partial charge in [-0.1, -0.05) is 77.6 Å². The highest BCUT2D eigenvalue weighted by Gasteiger charge is 2.38. The van der Waals surface area contributed by atoms with Crippen LogP contribution in [0, 0.1) is 29.6 Å². The first kappa shape index (κ1) is 21.7. The lowest BCUT2D eigenvalue weighted by Gasteiger charge is -2.44. The van der Waals surface area contributed by atoms with Gasteiger partial charge in [0.1, 0.15) is 0 Å². The molecule has 0 aromatic heterocycles. The molecule has 0 heterocycles. The monoisotopic (exact) mass is 376 g/mol. The van der Waals surface area contributed by atoms with Crippen molar-refractivity contribution in [2.75, 3.05) is 0 Å². The summed E-state index contributed by atoms with van der Waals surface area (Å²) in [5, 5.41) is 9.94. The predicted octanol–water partition coefficient (Wildman–Crippen LogP) is 7.90. The van der Waals surface area contributed by atoms with Gasteiger partial charge in [-0.2, -0.15) is 0 Å². The number of fused-ring (bicyclic) bond motifs is 1. The Morgan fingerprint density at radius 2 is 1.07 bits per heavy atom. The maximum absolute atomic E-state index is 9.94. The fourth-order valence-electron chi connectivity index (χ4n) is 6.84. The first-order chi connectivity index (χ1) is 13.3. The van der Waals surface area contributed by atoms with Crippen LogP contribution < -0.4 is 0 Å². The van der Waals surface area contributed by atoms with Gasteiger partial charge in [0.15, 0.2) is 0 Å². The first-order valence-electron chi connectivity index (χ1n) is 12.9. The van der Waals surface area contributed by atoms with E-state index >= 15 is 0 Å². The van der Waals surface area contributed by atoms with Crippen molar-refractivity contribution in [3.05, 3.63) is 0 Å². The van der Waals surface area contributed by atoms with Gasteiger partial charge in [-0.15, -0.1) is 0 Å². The van der Waals surface area contributed by atoms with Crippen LogP contribution in [0.5, 0.6) is 0 Å². The minimum Gasteiger partial charge on any atom is -0.393 e. The van der Waals surface area contributed by atoms with Crippen LogP contribution in [0.25, 0.3) is 0 Å². The molecule has 3 saturated carbocycles. The van der Waals surface area contributed by atoms with E-state index in [1.807, 2.05) is 0 Å². The Hall–Kier alpha value is -0.0400. The summed E-state index contributed by atoms with van der Waals surface area (Å²) in [6.45, 7) is 2.31. The average Bonchev–Trinajstić information content (AvgIpc) is 2.70. The molecule has 0 spiro atoms. The number of unbranched alkanes of at least 4 members (excludes halogenated alkanes) is 7. The molecule has 1 heteroatoms. The number of hydrogen-bond acceptors (Lipinski definition) is 1. The molecule has 3 rings (SSSR count). The standard InChI is InChI=1S/C26H48O/c1-2-3-4-5-6-7-8-9-10-21-11-13-22(14-12-21)23-15-16-25-20-26(27)18-17-24(25)19-23/h21-27H,2-20H2,1H3. The van der Waals surface area contributed by atoms with Crippen LogP contribution in [0.1, 0.15) is 129 Å². The topological polar surface area (TPSA) is 20.2 Å². The summed E-state index contributed by atoms with van der Waals surface area (Å²) in [6, 6.07) is 0. The average molecular weight is 377 g/mol. The smallest absolute Gasteiger partial charge is 0.0543 e. The molecule has 0 aromatic carbocycles. The lowest BCUT2D eigenvalue weighted by molar-refractivity contribution is 0.0189. The minimum atomic E-state index is 0.0228. The Balaban J connectivity index is 1.24. The molecule has 1 nitrogen and oxygen atoms in total. The van der Waals surface area contributed by atoms with Gasteiger partial charge in [0.05, 0.1) is 6.10 Å². The highest BCUT2D eigenvalue weighted by Crippen LogP contribution is 2.48. The highest BCUT2D eigenvalue weighted by atomic mass is 16.3. The third kappa shape index (κ3) is 7.06. The van der Waals surface area contributed by atoms with Gasteiger partial charge in [-0.25, -0.2) is 0 Å². The summed E-state index contributed by atoms with van der Waals surface area (Å²) in [5.74, 6) is 4.96. The second kappa shape index (κ2) is 11.8. The van der Waals surface area contributed by atoms with Crippen molar-refractivity contribution in [1.82, 2.24) is 0 Å². The van der Waals surface area contributed by atoms with E-state index in [4.69, 9.17) is 0 Å². The fourth-order valence-corrected chi connectivity index (χ4v) is 6.84. The summed E-state index contributed by atoms with van der Waals surface area (Å²) < 4.78 is 0. The van der Waals surface area contributed by atoms with Crippen molar-refractivity contribution in [2.24, 2.45) is 29.6 Å². The molecule has 27 heavy (non-hydrogen) atoms. The van der Waals surface area contributed by atoms with E-state index in [1.54, 1.807) is 0 Å². The van der Waals surface area contributed by atoms with Crippen LogP contribution in [0.15, 0.2) is 0 Å². The molecule has 1 N–H and O–H groups in total. The summed E-state index contributed by atoms with van der Waals surface area (Å²) in [5.41, 5.74) is 0. The third-order valence-electron chi connectivity index (χ3n) is 8.65. The Bertz CT molecular complexity index is 384. The Morgan fingerprint density at radius 3 is 1.78 bits per heavy atom. The Kier molecular flexibility index (Phi) is 9.50. The van der Waals surface area contributed by atoms with E-state index in [9.17, 15) is 5.11 Å². The predicted molar refractivity (Wildman–Crippen MR) is 117 cm³/mol. The van der Waals surface area contributed by atoms with Crippen molar-refractivity contribution in [3.63, 3.8) is 0 Å². The summed E-state index contributed by atoms with van der Waals surface area (Å²) in [6.07, 6.45) is 27.3. The zero-order valence-corrected chi connectivity index (χ0v) is 18.3. The molecule has 4 unspecified atom stereocenters. The molecule has 3 aliphatic rings. The molecule has 3 fully saturated rings. The number of aliphatic hydroxyl groups is 1. The largest absolute Gasteiger partial charge is 0.393 e. The zero-order chi connectivity index (χ0) is 18.9. The minimum absolute atomic E-state index is 0.0228. The Labute approximate surface area is 170 Å². The van der Waals surface area contributed by atoms with Gasteiger partial charge in [0.2, 0.25) is 0 Å². The van der Waals surface area contributed by atoms with Gasteiger partial charge in [-0.05, 0) is 81.0 Å². The molecule has 0 saturated heterocycles. The van der Waals surface area contributed by atoms with Crippen molar-refractivity contribution in [3.8, 4) is 0 Å². The number of hydrogen-bond donors (Lipinski definition) is 1. The van der Waals surface area contributed by atoms with Gasteiger partial charge in [-0.3, -0.25) is 0 Å². The maximum atomic E-state index is 9.94. The van der Waals surface area contributed by atoms with Crippen molar-refractivity contribution < 1.29 is 5.11 Å². The molecule has 3 aliphatic carbocycles. The van der Waals surface area contributed by atoms with E-state index in [1.165, 1.54) is 109 Å². The van der Waals surface area contributed by atoms with Crippen LogP contribution in [0.2, 0.25) is 0 Å². The van der Waals surface area contributed by atoms with E-state index in [0.717, 1.165) is 42.4 Å². The number of aliphatic hydroxyl groups excluding tert-OH is 1. The molecule has 0 aliphatic heterocycles. The van der Waals surface area contributed by atoms with E-state index in [2.05, 4.69) is 6.92 Å². The van der Waals surface area contributed by atoms with Crippen LogP contribution in [-0.2, 0) is 0 Å². The Morgan fingerprint density at radius 1 is 0.556 bits per heavy atom. The quantitative estimate of drug-likeness (QED) is 0.384. The van der Waals surface area contributed by atoms with E-state index in [0.29, 0.717) is 0 Å². The second-order valence-electron chi connectivity index (χ2n) is 10.6. The van der Waals surface area contributed by atoms with Crippen molar-refractivity contribution >= 4 is 0 Å². The SMILES string of the molecule is CCCCCCCCCCC1CCC(C2CCC3CC(O)CCC3C2)CC1. The summed E-state index contributed by atoms with van der Waals surface area (Å²) in [4.78, 5) is 0. The maximum Gasteiger partial charge on any atom is 0.0543 e. The van der Waals surface area contributed by atoms with Crippen LogP contribution >= 0.6 is 0 Å². The highest BCUT2D eigenvalue weighted by molar-refractivity contribution is 4.89. The molecule has 0 radical (unpaired) electrons. The van der Waals surface area contributed by atoms with Gasteiger partial charge >= 0.3 is 0 Å². The molecular weight excluding hydrogens is 328 g/mol. The molecule has 4 atom stereocenters. The van der Waals surface area contributed by atoms with Crippen LogP contribution in [-0.4, -0.2) is 11.2 Å². The van der Waals surface area contributed by atoms with E-state index in [-0.39, 0.29) is 6.10 Å². The van der Waals surface area contributed by atoms with Gasteiger partial charge in [0, 0.05) is 0 Å². The van der Waals surface area contributed by atoms with Crippen molar-refractivity contribution in [1.29, 1.82) is 0 Å². The number of rotatable bonds is 10.